The van der Waals surface area contributed by atoms with Gasteiger partial charge in [-0.2, -0.15) is 0 Å². The minimum atomic E-state index is 0.562. The molecule has 0 radical (unpaired) electrons. The maximum atomic E-state index is 5.86. The molecule has 3 nitrogen and oxygen atoms in total. The molecular formula is C18H19N3. The van der Waals surface area contributed by atoms with Gasteiger partial charge in [0, 0.05) is 5.39 Å². The summed E-state index contributed by atoms with van der Waals surface area (Å²) in [5, 5.41) is 1.14. The standard InChI is InChI=1S/C18H19N3/c1-12-10-18(20)21-17-11-14(6-7-15(12)17)16-5-3-2-4-13(16)8-9-19/h2-7,10-11H,8-9,19H2,1H3,(H2,20,21). The summed E-state index contributed by atoms with van der Waals surface area (Å²) in [7, 11) is 0. The number of nitrogens with two attached hydrogens (primary N) is 2. The number of pyridine rings is 1. The Bertz CT molecular complexity index is 794. The number of hydrogen-bond acceptors (Lipinski definition) is 3. The van der Waals surface area contributed by atoms with Crippen molar-refractivity contribution in [1.29, 1.82) is 0 Å². The Morgan fingerprint density at radius 2 is 1.86 bits per heavy atom. The van der Waals surface area contributed by atoms with Crippen LogP contribution < -0.4 is 11.5 Å². The zero-order valence-electron chi connectivity index (χ0n) is 12.1. The first-order chi connectivity index (χ1) is 10.2. The third kappa shape index (κ3) is 2.60. The summed E-state index contributed by atoms with van der Waals surface area (Å²) in [5.41, 5.74) is 17.3. The number of nitrogen functional groups attached to an aromatic ring is 1. The topological polar surface area (TPSA) is 64.9 Å². The van der Waals surface area contributed by atoms with Crippen LogP contribution >= 0.6 is 0 Å². The lowest BCUT2D eigenvalue weighted by molar-refractivity contribution is 0.971. The average molecular weight is 277 g/mol. The van der Waals surface area contributed by atoms with Crippen LogP contribution in [-0.4, -0.2) is 11.5 Å². The van der Waals surface area contributed by atoms with E-state index in [1.807, 2.05) is 6.07 Å². The van der Waals surface area contributed by atoms with E-state index in [2.05, 4.69) is 54.4 Å². The Balaban J connectivity index is 2.18. The lowest BCUT2D eigenvalue weighted by Gasteiger charge is -2.10. The third-order valence-electron chi connectivity index (χ3n) is 3.78. The Kier molecular flexibility index (Phi) is 3.59. The van der Waals surface area contributed by atoms with Gasteiger partial charge >= 0.3 is 0 Å². The van der Waals surface area contributed by atoms with Crippen LogP contribution in [0.15, 0.2) is 48.5 Å². The first-order valence-electron chi connectivity index (χ1n) is 7.14. The predicted molar refractivity (Wildman–Crippen MR) is 89.1 cm³/mol. The molecule has 0 amide bonds. The van der Waals surface area contributed by atoms with Crippen LogP contribution in [0.2, 0.25) is 0 Å². The maximum Gasteiger partial charge on any atom is 0.124 e. The Labute approximate surface area is 124 Å². The van der Waals surface area contributed by atoms with Crippen LogP contribution in [-0.2, 0) is 6.42 Å². The van der Waals surface area contributed by atoms with Crippen molar-refractivity contribution < 1.29 is 0 Å². The maximum absolute atomic E-state index is 5.86. The van der Waals surface area contributed by atoms with E-state index < -0.39 is 0 Å². The molecule has 1 aromatic heterocycles. The fourth-order valence-electron chi connectivity index (χ4n) is 2.77. The van der Waals surface area contributed by atoms with Crippen molar-refractivity contribution in [1.82, 2.24) is 4.98 Å². The van der Waals surface area contributed by atoms with Gasteiger partial charge in [0.2, 0.25) is 0 Å². The summed E-state index contributed by atoms with van der Waals surface area (Å²) in [5.74, 6) is 0.562. The second-order valence-electron chi connectivity index (χ2n) is 5.29. The van der Waals surface area contributed by atoms with E-state index in [0.717, 1.165) is 28.5 Å². The summed E-state index contributed by atoms with van der Waals surface area (Å²) < 4.78 is 0. The summed E-state index contributed by atoms with van der Waals surface area (Å²) in [6, 6.07) is 16.6. The summed E-state index contributed by atoms with van der Waals surface area (Å²) in [6.45, 7) is 2.71. The lowest BCUT2D eigenvalue weighted by Crippen LogP contribution is -2.03. The molecule has 2 aromatic carbocycles. The van der Waals surface area contributed by atoms with Gasteiger partial charge in [0.25, 0.3) is 0 Å². The first kappa shape index (κ1) is 13.6. The highest BCUT2D eigenvalue weighted by Gasteiger charge is 2.07. The Hall–Kier alpha value is -2.39. The van der Waals surface area contributed by atoms with E-state index in [-0.39, 0.29) is 0 Å². The molecule has 3 heteroatoms. The molecule has 3 rings (SSSR count). The van der Waals surface area contributed by atoms with Crippen molar-refractivity contribution in [3.05, 3.63) is 59.7 Å². The fraction of sp³-hybridized carbons (Fsp3) is 0.167. The number of benzene rings is 2. The monoisotopic (exact) mass is 277 g/mol. The third-order valence-corrected chi connectivity index (χ3v) is 3.78. The number of aromatic nitrogens is 1. The van der Waals surface area contributed by atoms with Crippen LogP contribution in [0.5, 0.6) is 0 Å². The van der Waals surface area contributed by atoms with E-state index in [4.69, 9.17) is 11.5 Å². The molecule has 0 fully saturated rings. The molecule has 21 heavy (non-hydrogen) atoms. The van der Waals surface area contributed by atoms with Gasteiger partial charge in [0.15, 0.2) is 0 Å². The van der Waals surface area contributed by atoms with Gasteiger partial charge in [0.05, 0.1) is 5.52 Å². The molecule has 0 saturated heterocycles. The lowest BCUT2D eigenvalue weighted by atomic mass is 9.96. The van der Waals surface area contributed by atoms with Crippen molar-refractivity contribution in [3.63, 3.8) is 0 Å². The van der Waals surface area contributed by atoms with Crippen molar-refractivity contribution in [3.8, 4) is 11.1 Å². The highest BCUT2D eigenvalue weighted by atomic mass is 14.8. The number of hydrogen-bond donors (Lipinski definition) is 2. The molecule has 0 unspecified atom stereocenters. The van der Waals surface area contributed by atoms with Crippen molar-refractivity contribution in [2.75, 3.05) is 12.3 Å². The molecule has 0 aliphatic heterocycles. The molecule has 3 aromatic rings. The van der Waals surface area contributed by atoms with Crippen LogP contribution in [0.1, 0.15) is 11.1 Å². The molecule has 0 aliphatic carbocycles. The Morgan fingerprint density at radius 1 is 1.05 bits per heavy atom. The predicted octanol–water partition coefficient (Wildman–Crippen LogP) is 3.29. The van der Waals surface area contributed by atoms with Gasteiger partial charge in [0.1, 0.15) is 5.82 Å². The largest absolute Gasteiger partial charge is 0.384 e. The second kappa shape index (κ2) is 5.54. The number of nitrogens with zero attached hydrogens (tertiary/aromatic N) is 1. The van der Waals surface area contributed by atoms with Gasteiger partial charge in [-0.25, -0.2) is 4.98 Å². The van der Waals surface area contributed by atoms with Gasteiger partial charge < -0.3 is 11.5 Å². The van der Waals surface area contributed by atoms with Gasteiger partial charge in [-0.1, -0.05) is 36.4 Å². The molecule has 0 atom stereocenters. The van der Waals surface area contributed by atoms with Crippen molar-refractivity contribution in [2.45, 2.75) is 13.3 Å². The molecule has 0 spiro atoms. The highest BCUT2D eigenvalue weighted by molar-refractivity contribution is 5.88. The normalized spacial score (nSPS) is 11.0. The van der Waals surface area contributed by atoms with E-state index in [1.165, 1.54) is 11.1 Å². The minimum Gasteiger partial charge on any atom is -0.384 e. The molecule has 106 valence electrons. The van der Waals surface area contributed by atoms with Crippen LogP contribution in [0.4, 0.5) is 5.82 Å². The summed E-state index contributed by atoms with van der Waals surface area (Å²) in [6.07, 6.45) is 0.873. The van der Waals surface area contributed by atoms with E-state index in [9.17, 15) is 0 Å². The number of anilines is 1. The number of rotatable bonds is 3. The molecule has 0 saturated carbocycles. The molecule has 0 aliphatic rings. The summed E-state index contributed by atoms with van der Waals surface area (Å²) in [4.78, 5) is 4.45. The molecule has 1 heterocycles. The van der Waals surface area contributed by atoms with E-state index >= 15 is 0 Å². The minimum absolute atomic E-state index is 0.562. The van der Waals surface area contributed by atoms with Crippen molar-refractivity contribution >= 4 is 16.7 Å². The first-order valence-corrected chi connectivity index (χ1v) is 7.14. The van der Waals surface area contributed by atoms with Crippen LogP contribution in [0.25, 0.3) is 22.0 Å². The second-order valence-corrected chi connectivity index (χ2v) is 5.29. The van der Waals surface area contributed by atoms with E-state index in [0.29, 0.717) is 12.4 Å². The van der Waals surface area contributed by atoms with Gasteiger partial charge in [-0.05, 0) is 54.3 Å². The van der Waals surface area contributed by atoms with E-state index in [1.54, 1.807) is 0 Å². The van der Waals surface area contributed by atoms with Crippen LogP contribution in [0, 0.1) is 6.92 Å². The zero-order chi connectivity index (χ0) is 14.8. The number of fused-ring (bicyclic) bond motifs is 1. The van der Waals surface area contributed by atoms with Crippen LogP contribution in [0.3, 0.4) is 0 Å². The fourth-order valence-corrected chi connectivity index (χ4v) is 2.77. The average Bonchev–Trinajstić information content (AvgIpc) is 2.47. The van der Waals surface area contributed by atoms with Gasteiger partial charge in [-0.3, -0.25) is 0 Å². The zero-order valence-corrected chi connectivity index (χ0v) is 12.1. The Morgan fingerprint density at radius 3 is 2.67 bits per heavy atom. The highest BCUT2D eigenvalue weighted by Crippen LogP contribution is 2.28. The number of aryl methyl sites for hydroxylation is 1. The van der Waals surface area contributed by atoms with Crippen molar-refractivity contribution in [2.24, 2.45) is 5.73 Å². The molecule has 0 bridgehead atoms. The van der Waals surface area contributed by atoms with Gasteiger partial charge in [-0.15, -0.1) is 0 Å². The SMILES string of the molecule is Cc1cc(N)nc2cc(-c3ccccc3CCN)ccc12. The smallest absolute Gasteiger partial charge is 0.124 e. The molecule has 4 N–H and O–H groups in total. The quantitative estimate of drug-likeness (QED) is 0.772. The summed E-state index contributed by atoms with van der Waals surface area (Å²) >= 11 is 0. The molecular weight excluding hydrogens is 258 g/mol.